The second-order valence-electron chi connectivity index (χ2n) is 11.3. The Kier molecular flexibility index (Phi) is 12.0. The van der Waals surface area contributed by atoms with Crippen LogP contribution < -0.4 is 19.8 Å². The van der Waals surface area contributed by atoms with Gasteiger partial charge < -0.3 is 18.6 Å². The standard InChI is InChI=1S/C33H46O5/c1-23(2)12-10-14-25(5)18-20-35-30-28-17-16-27(38-33(7,8)9)22-29(28)37-32(34)31(30)36-21-19-26(6)15-11-13-24(3)4/h12-13,16-19,22H,10-11,14-15,20-21H2,1-9H3/b25-18+,26-19+. The zero-order valence-electron chi connectivity index (χ0n) is 24.8. The van der Waals surface area contributed by atoms with Gasteiger partial charge in [0.15, 0.2) is 5.75 Å². The highest BCUT2D eigenvalue weighted by Gasteiger charge is 2.19. The summed E-state index contributed by atoms with van der Waals surface area (Å²) >= 11 is 0. The van der Waals surface area contributed by atoms with E-state index in [2.05, 4.69) is 53.7 Å². The Labute approximate surface area is 228 Å². The summed E-state index contributed by atoms with van der Waals surface area (Å²) in [5.41, 5.74) is 4.51. The smallest absolute Gasteiger partial charge is 0.383 e. The third kappa shape index (κ3) is 11.0. The molecule has 1 aromatic heterocycles. The highest BCUT2D eigenvalue weighted by molar-refractivity contribution is 5.86. The van der Waals surface area contributed by atoms with Crippen LogP contribution in [0.25, 0.3) is 11.0 Å². The molecule has 0 radical (unpaired) electrons. The number of fused-ring (bicyclic) bond motifs is 1. The second kappa shape index (κ2) is 14.7. The van der Waals surface area contributed by atoms with E-state index in [0.717, 1.165) is 25.7 Å². The van der Waals surface area contributed by atoms with Crippen molar-refractivity contribution in [2.75, 3.05) is 13.2 Å². The molecule has 0 aliphatic heterocycles. The lowest BCUT2D eigenvalue weighted by Gasteiger charge is -2.21. The maximum absolute atomic E-state index is 13.0. The van der Waals surface area contributed by atoms with Gasteiger partial charge in [-0.15, -0.1) is 0 Å². The Morgan fingerprint density at radius 3 is 1.82 bits per heavy atom. The summed E-state index contributed by atoms with van der Waals surface area (Å²) in [6.07, 6.45) is 12.4. The van der Waals surface area contributed by atoms with Crippen LogP contribution in [0.15, 0.2) is 74.0 Å². The third-order valence-electron chi connectivity index (χ3n) is 5.72. The molecule has 38 heavy (non-hydrogen) atoms. The van der Waals surface area contributed by atoms with E-state index < -0.39 is 5.63 Å². The molecular formula is C33H46O5. The van der Waals surface area contributed by atoms with Gasteiger partial charge in [0, 0.05) is 6.07 Å². The van der Waals surface area contributed by atoms with Crippen molar-refractivity contribution >= 4 is 11.0 Å². The van der Waals surface area contributed by atoms with Crippen LogP contribution in [0.3, 0.4) is 0 Å². The van der Waals surface area contributed by atoms with Gasteiger partial charge in [0.05, 0.1) is 5.39 Å². The van der Waals surface area contributed by atoms with Gasteiger partial charge in [-0.25, -0.2) is 4.79 Å². The zero-order chi connectivity index (χ0) is 28.3. The first-order valence-corrected chi connectivity index (χ1v) is 13.5. The molecule has 1 aromatic carbocycles. The molecule has 2 rings (SSSR count). The molecule has 0 unspecified atom stereocenters. The van der Waals surface area contributed by atoms with Crippen LogP contribution in [0.4, 0.5) is 0 Å². The van der Waals surface area contributed by atoms with Crippen molar-refractivity contribution < 1.29 is 18.6 Å². The predicted octanol–water partition coefficient (Wildman–Crippen LogP) is 9.11. The van der Waals surface area contributed by atoms with Crippen molar-refractivity contribution in [3.05, 3.63) is 75.2 Å². The van der Waals surface area contributed by atoms with Crippen molar-refractivity contribution in [1.82, 2.24) is 0 Å². The van der Waals surface area contributed by atoms with Crippen LogP contribution in [-0.4, -0.2) is 18.8 Å². The third-order valence-corrected chi connectivity index (χ3v) is 5.72. The molecule has 0 spiro atoms. The van der Waals surface area contributed by atoms with Crippen molar-refractivity contribution in [2.24, 2.45) is 0 Å². The first kappa shape index (κ1) is 31.0. The van der Waals surface area contributed by atoms with E-state index in [9.17, 15) is 4.79 Å². The van der Waals surface area contributed by atoms with E-state index >= 15 is 0 Å². The zero-order valence-corrected chi connectivity index (χ0v) is 24.8. The van der Waals surface area contributed by atoms with E-state index in [-0.39, 0.29) is 18.0 Å². The lowest BCUT2D eigenvalue weighted by atomic mass is 10.1. The number of hydrogen-bond acceptors (Lipinski definition) is 5. The number of hydrogen-bond donors (Lipinski definition) is 0. The van der Waals surface area contributed by atoms with Crippen LogP contribution in [0.2, 0.25) is 0 Å². The first-order chi connectivity index (χ1) is 17.9. The monoisotopic (exact) mass is 522 g/mol. The summed E-state index contributed by atoms with van der Waals surface area (Å²) in [5.74, 6) is 1.10. The fraction of sp³-hybridized carbons (Fsp3) is 0.485. The molecule has 0 atom stereocenters. The van der Waals surface area contributed by atoms with Gasteiger partial charge in [-0.1, -0.05) is 34.4 Å². The average Bonchev–Trinajstić information content (AvgIpc) is 2.78. The van der Waals surface area contributed by atoms with E-state index in [4.69, 9.17) is 18.6 Å². The molecule has 0 aliphatic rings. The summed E-state index contributed by atoms with van der Waals surface area (Å²) in [4.78, 5) is 13.0. The van der Waals surface area contributed by atoms with Crippen molar-refractivity contribution in [1.29, 1.82) is 0 Å². The van der Waals surface area contributed by atoms with Gasteiger partial charge in [-0.3, -0.25) is 0 Å². The fourth-order valence-corrected chi connectivity index (χ4v) is 3.74. The summed E-state index contributed by atoms with van der Waals surface area (Å²) in [6, 6.07) is 5.44. The van der Waals surface area contributed by atoms with Crippen LogP contribution in [0.1, 0.15) is 88.0 Å². The number of ether oxygens (including phenoxy) is 3. The van der Waals surface area contributed by atoms with Gasteiger partial charge in [0.25, 0.3) is 0 Å². The fourth-order valence-electron chi connectivity index (χ4n) is 3.74. The van der Waals surface area contributed by atoms with Gasteiger partial charge in [0.2, 0.25) is 5.75 Å². The molecule has 2 aromatic rings. The molecule has 208 valence electrons. The van der Waals surface area contributed by atoms with Crippen molar-refractivity contribution in [3.63, 3.8) is 0 Å². The Morgan fingerprint density at radius 1 is 0.789 bits per heavy atom. The summed E-state index contributed by atoms with van der Waals surface area (Å²) in [6.45, 7) is 19.1. The second-order valence-corrected chi connectivity index (χ2v) is 11.3. The SMILES string of the molecule is CC(C)=CCC/C(C)=C/COc1c(OC/C=C(\C)CCC=C(C)C)c2ccc(OC(C)(C)C)cc2oc1=O. The maximum atomic E-state index is 13.0. The summed E-state index contributed by atoms with van der Waals surface area (Å²) in [7, 11) is 0. The normalized spacial score (nSPS) is 12.3. The minimum Gasteiger partial charge on any atom is -0.488 e. The topological polar surface area (TPSA) is 57.9 Å². The summed E-state index contributed by atoms with van der Waals surface area (Å²) in [5, 5.41) is 0.667. The molecule has 5 heteroatoms. The summed E-state index contributed by atoms with van der Waals surface area (Å²) < 4.78 is 23.7. The Bertz CT molecular complexity index is 1240. The molecular weight excluding hydrogens is 476 g/mol. The Balaban J connectivity index is 2.32. The van der Waals surface area contributed by atoms with E-state index in [1.54, 1.807) is 6.07 Å². The van der Waals surface area contributed by atoms with Gasteiger partial charge >= 0.3 is 5.63 Å². The van der Waals surface area contributed by atoms with Crippen molar-refractivity contribution in [2.45, 2.75) is 93.6 Å². The van der Waals surface area contributed by atoms with E-state index in [1.165, 1.54) is 22.3 Å². The average molecular weight is 523 g/mol. The molecule has 0 N–H and O–H groups in total. The van der Waals surface area contributed by atoms with Gasteiger partial charge in [0.1, 0.15) is 30.1 Å². The molecule has 0 bridgehead atoms. The lowest BCUT2D eigenvalue weighted by molar-refractivity contribution is 0.131. The minimum atomic E-state index is -0.569. The molecule has 0 fully saturated rings. The van der Waals surface area contributed by atoms with Gasteiger partial charge in [-0.2, -0.15) is 0 Å². The van der Waals surface area contributed by atoms with E-state index in [1.807, 2.05) is 45.1 Å². The number of rotatable bonds is 13. The number of allylic oxidation sites excluding steroid dienone is 6. The molecule has 0 amide bonds. The van der Waals surface area contributed by atoms with Crippen LogP contribution in [-0.2, 0) is 0 Å². The molecule has 0 saturated carbocycles. The lowest BCUT2D eigenvalue weighted by Crippen LogP contribution is -2.22. The predicted molar refractivity (Wildman–Crippen MR) is 159 cm³/mol. The minimum absolute atomic E-state index is 0.0888. The van der Waals surface area contributed by atoms with Crippen LogP contribution >= 0.6 is 0 Å². The number of benzene rings is 1. The molecule has 1 heterocycles. The van der Waals surface area contributed by atoms with E-state index in [0.29, 0.717) is 29.1 Å². The Hall–Kier alpha value is -3.21. The van der Waals surface area contributed by atoms with Crippen LogP contribution in [0.5, 0.6) is 17.2 Å². The molecule has 0 aliphatic carbocycles. The molecule has 5 nitrogen and oxygen atoms in total. The maximum Gasteiger partial charge on any atom is 0.383 e. The first-order valence-electron chi connectivity index (χ1n) is 13.5. The largest absolute Gasteiger partial charge is 0.488 e. The highest BCUT2D eigenvalue weighted by Crippen LogP contribution is 2.35. The van der Waals surface area contributed by atoms with Crippen molar-refractivity contribution in [3.8, 4) is 17.2 Å². The Morgan fingerprint density at radius 2 is 1.32 bits per heavy atom. The van der Waals surface area contributed by atoms with Crippen LogP contribution in [0, 0.1) is 0 Å². The highest BCUT2D eigenvalue weighted by atomic mass is 16.5. The van der Waals surface area contributed by atoms with Gasteiger partial charge in [-0.05, 0) is 112 Å². The quantitative estimate of drug-likeness (QED) is 0.194. The molecule has 0 saturated heterocycles.